The first kappa shape index (κ1) is 14.7. The summed E-state index contributed by atoms with van der Waals surface area (Å²) in [6.07, 6.45) is 1.73. The van der Waals surface area contributed by atoms with E-state index in [2.05, 4.69) is 0 Å². The first-order valence-electron chi connectivity index (χ1n) is 5.95. The zero-order valence-electron chi connectivity index (χ0n) is 11.0. The lowest BCUT2D eigenvalue weighted by Crippen LogP contribution is -2.48. The molecule has 1 heterocycles. The van der Waals surface area contributed by atoms with Gasteiger partial charge in [0.05, 0.1) is 16.9 Å². The Labute approximate surface area is 126 Å². The summed E-state index contributed by atoms with van der Waals surface area (Å²) in [4.78, 5) is 24.6. The molecule has 0 aliphatic carbocycles. The van der Waals surface area contributed by atoms with Gasteiger partial charge in [-0.3, -0.25) is 9.69 Å². The molecule has 1 amide bonds. The van der Waals surface area contributed by atoms with Crippen molar-refractivity contribution in [3.63, 3.8) is 0 Å². The highest BCUT2D eigenvalue weighted by Crippen LogP contribution is 2.34. The molecule has 1 aliphatic rings. The van der Waals surface area contributed by atoms with Crippen LogP contribution < -0.4 is 5.11 Å². The van der Waals surface area contributed by atoms with E-state index in [1.54, 1.807) is 6.08 Å². The van der Waals surface area contributed by atoms with E-state index in [0.29, 0.717) is 4.91 Å². The summed E-state index contributed by atoms with van der Waals surface area (Å²) < 4.78 is 0.242. The SMILES string of the molecule is Cc1ccccc1/C=C1\SC(=S)N([C@@H](C)C(=O)[O-])C1=O. The Kier molecular flexibility index (Phi) is 4.25. The molecule has 1 atom stereocenters. The standard InChI is InChI=1S/C14H13NO3S2/c1-8-5-3-4-6-10(8)7-11-12(16)15(14(19)20-11)9(2)13(17)18/h3-7,9H,1-2H3,(H,17,18)/p-1/b11-7-/t9-/m0/s1. The number of hydrogen-bond acceptors (Lipinski definition) is 5. The van der Waals surface area contributed by atoms with Crippen LogP contribution in [0.2, 0.25) is 0 Å². The third-order valence-electron chi connectivity index (χ3n) is 3.03. The summed E-state index contributed by atoms with van der Waals surface area (Å²) in [5, 5.41) is 10.9. The number of nitrogens with zero attached hydrogens (tertiary/aromatic N) is 1. The van der Waals surface area contributed by atoms with Gasteiger partial charge in [-0.15, -0.1) is 0 Å². The fourth-order valence-corrected chi connectivity index (χ4v) is 3.22. The smallest absolute Gasteiger partial charge is 0.266 e. The number of carboxylic acids is 1. The Hall–Kier alpha value is -1.66. The van der Waals surface area contributed by atoms with Crippen LogP contribution in [0.3, 0.4) is 0 Å². The average Bonchev–Trinajstić information content (AvgIpc) is 2.66. The van der Waals surface area contributed by atoms with E-state index < -0.39 is 12.0 Å². The van der Waals surface area contributed by atoms with Gasteiger partial charge in [0, 0.05) is 0 Å². The second kappa shape index (κ2) is 5.76. The van der Waals surface area contributed by atoms with Gasteiger partial charge in [0.15, 0.2) is 0 Å². The lowest BCUT2D eigenvalue weighted by Gasteiger charge is -2.23. The largest absolute Gasteiger partial charge is 0.548 e. The van der Waals surface area contributed by atoms with Gasteiger partial charge in [0.25, 0.3) is 5.91 Å². The maximum Gasteiger partial charge on any atom is 0.266 e. The van der Waals surface area contributed by atoms with Crippen LogP contribution in [0.25, 0.3) is 6.08 Å². The maximum atomic E-state index is 12.2. The molecule has 1 aromatic carbocycles. The molecule has 1 fully saturated rings. The van der Waals surface area contributed by atoms with Crippen molar-refractivity contribution in [2.24, 2.45) is 0 Å². The van der Waals surface area contributed by atoms with Crippen molar-refractivity contribution in [1.82, 2.24) is 4.90 Å². The lowest BCUT2D eigenvalue weighted by atomic mass is 10.1. The summed E-state index contributed by atoms with van der Waals surface area (Å²) in [5.74, 6) is -1.71. The second-order valence-electron chi connectivity index (χ2n) is 4.40. The fourth-order valence-electron chi connectivity index (χ4n) is 1.81. The molecule has 0 spiro atoms. The van der Waals surface area contributed by atoms with Crippen LogP contribution in [0.4, 0.5) is 0 Å². The molecular weight excluding hydrogens is 294 g/mol. The Morgan fingerprint density at radius 2 is 2.10 bits per heavy atom. The molecule has 1 aliphatic heterocycles. The highest BCUT2D eigenvalue weighted by atomic mass is 32.2. The average molecular weight is 306 g/mol. The summed E-state index contributed by atoms with van der Waals surface area (Å²) in [6, 6.07) is 6.56. The van der Waals surface area contributed by atoms with Gasteiger partial charge in [-0.05, 0) is 31.1 Å². The van der Waals surface area contributed by atoms with Crippen molar-refractivity contribution in [2.45, 2.75) is 19.9 Å². The predicted octanol–water partition coefficient (Wildman–Crippen LogP) is 1.33. The summed E-state index contributed by atoms with van der Waals surface area (Å²) in [5.41, 5.74) is 1.94. The number of hydrogen-bond donors (Lipinski definition) is 0. The number of thiocarbonyl (C=S) groups is 1. The number of thioether (sulfide) groups is 1. The van der Waals surface area contributed by atoms with Crippen molar-refractivity contribution >= 4 is 46.3 Å². The van der Waals surface area contributed by atoms with Crippen LogP contribution in [0.15, 0.2) is 29.2 Å². The van der Waals surface area contributed by atoms with Crippen LogP contribution in [-0.2, 0) is 9.59 Å². The van der Waals surface area contributed by atoms with E-state index >= 15 is 0 Å². The van der Waals surface area contributed by atoms with Crippen molar-refractivity contribution in [2.75, 3.05) is 0 Å². The van der Waals surface area contributed by atoms with Crippen molar-refractivity contribution in [3.05, 3.63) is 40.3 Å². The third kappa shape index (κ3) is 2.76. The number of carboxylic acid groups (broad SMARTS) is 1. The highest BCUT2D eigenvalue weighted by Gasteiger charge is 2.35. The molecule has 0 N–H and O–H groups in total. The second-order valence-corrected chi connectivity index (χ2v) is 6.08. The van der Waals surface area contributed by atoms with Gasteiger partial charge in [-0.2, -0.15) is 0 Å². The van der Waals surface area contributed by atoms with E-state index in [4.69, 9.17) is 12.2 Å². The Morgan fingerprint density at radius 3 is 2.70 bits per heavy atom. The number of benzene rings is 1. The Bertz CT molecular complexity index is 625. The third-order valence-corrected chi connectivity index (χ3v) is 4.36. The maximum absolute atomic E-state index is 12.2. The highest BCUT2D eigenvalue weighted by molar-refractivity contribution is 8.26. The molecule has 0 aromatic heterocycles. The van der Waals surface area contributed by atoms with Gasteiger partial charge >= 0.3 is 0 Å². The van der Waals surface area contributed by atoms with Crippen LogP contribution in [0.1, 0.15) is 18.1 Å². The molecule has 0 saturated carbocycles. The minimum Gasteiger partial charge on any atom is -0.548 e. The topological polar surface area (TPSA) is 60.4 Å². The first-order valence-corrected chi connectivity index (χ1v) is 7.18. The monoisotopic (exact) mass is 306 g/mol. The Morgan fingerprint density at radius 1 is 1.45 bits per heavy atom. The van der Waals surface area contributed by atoms with Crippen molar-refractivity contribution < 1.29 is 14.7 Å². The summed E-state index contributed by atoms with van der Waals surface area (Å²) in [6.45, 7) is 3.33. The van der Waals surface area contributed by atoms with Gasteiger partial charge in [-0.25, -0.2) is 0 Å². The lowest BCUT2D eigenvalue weighted by molar-refractivity contribution is -0.309. The number of aryl methyl sites for hydroxylation is 1. The normalized spacial score (nSPS) is 18.7. The van der Waals surface area contributed by atoms with Crippen molar-refractivity contribution in [1.29, 1.82) is 0 Å². The molecule has 4 nitrogen and oxygen atoms in total. The van der Waals surface area contributed by atoms with E-state index in [9.17, 15) is 14.7 Å². The number of amides is 1. The van der Waals surface area contributed by atoms with Gasteiger partial charge in [-0.1, -0.05) is 48.2 Å². The fraction of sp³-hybridized carbons (Fsp3) is 0.214. The molecular formula is C14H12NO3S2-. The molecule has 2 rings (SSSR count). The quantitative estimate of drug-likeness (QED) is 0.623. The zero-order chi connectivity index (χ0) is 14.9. The molecule has 0 radical (unpaired) electrons. The van der Waals surface area contributed by atoms with E-state index in [-0.39, 0.29) is 10.2 Å². The van der Waals surface area contributed by atoms with Crippen LogP contribution >= 0.6 is 24.0 Å². The van der Waals surface area contributed by atoms with Gasteiger partial charge in [0.1, 0.15) is 4.32 Å². The number of carbonyl (C=O) groups is 2. The van der Waals surface area contributed by atoms with Crippen molar-refractivity contribution in [3.8, 4) is 0 Å². The minimum atomic E-state index is -1.32. The van der Waals surface area contributed by atoms with Gasteiger partial charge in [0.2, 0.25) is 0 Å². The summed E-state index contributed by atoms with van der Waals surface area (Å²) in [7, 11) is 0. The molecule has 6 heteroatoms. The van der Waals surface area contributed by atoms with Crippen LogP contribution in [0, 0.1) is 6.92 Å². The van der Waals surface area contributed by atoms with Gasteiger partial charge < -0.3 is 9.90 Å². The molecule has 104 valence electrons. The molecule has 0 unspecified atom stereocenters. The number of rotatable bonds is 3. The molecule has 0 bridgehead atoms. The Balaban J connectivity index is 2.33. The van der Waals surface area contributed by atoms with Crippen LogP contribution in [0.5, 0.6) is 0 Å². The van der Waals surface area contributed by atoms with E-state index in [1.165, 1.54) is 6.92 Å². The van der Waals surface area contributed by atoms with E-state index in [0.717, 1.165) is 27.8 Å². The predicted molar refractivity (Wildman–Crippen MR) is 80.7 cm³/mol. The van der Waals surface area contributed by atoms with Crippen LogP contribution in [-0.4, -0.2) is 27.1 Å². The molecule has 20 heavy (non-hydrogen) atoms. The number of aliphatic carboxylic acids is 1. The number of carbonyl (C=O) groups excluding carboxylic acids is 2. The molecule has 1 saturated heterocycles. The molecule has 1 aromatic rings. The summed E-state index contributed by atoms with van der Waals surface area (Å²) >= 11 is 6.18. The first-order chi connectivity index (χ1) is 9.41. The zero-order valence-corrected chi connectivity index (χ0v) is 12.6. The minimum absolute atomic E-state index is 0.242. The van der Waals surface area contributed by atoms with E-state index in [1.807, 2.05) is 31.2 Å².